The molecule has 1 saturated carbocycles. The van der Waals surface area contributed by atoms with Crippen molar-refractivity contribution in [3.63, 3.8) is 0 Å². The van der Waals surface area contributed by atoms with Gasteiger partial charge >= 0.3 is 0 Å². The Bertz CT molecular complexity index is 817. The second-order valence-electron chi connectivity index (χ2n) is 6.54. The van der Waals surface area contributed by atoms with Crippen LogP contribution in [0.2, 0.25) is 0 Å². The van der Waals surface area contributed by atoms with Crippen LogP contribution in [0.3, 0.4) is 0 Å². The molecule has 1 aromatic carbocycles. The first-order valence-electron chi connectivity index (χ1n) is 8.69. The van der Waals surface area contributed by atoms with Crippen molar-refractivity contribution in [2.24, 2.45) is 0 Å². The first-order chi connectivity index (χ1) is 12.6. The van der Waals surface area contributed by atoms with E-state index in [1.54, 1.807) is 0 Å². The molecule has 1 saturated heterocycles. The first-order valence-corrected chi connectivity index (χ1v) is 9.68. The highest BCUT2D eigenvalue weighted by molar-refractivity contribution is 7.99. The zero-order valence-electron chi connectivity index (χ0n) is 14.1. The predicted molar refractivity (Wildman–Crippen MR) is 95.5 cm³/mol. The van der Waals surface area contributed by atoms with Crippen molar-refractivity contribution in [3.05, 3.63) is 29.8 Å². The standard InChI is InChI=1S/C17H19F2N5OS/c18-11-3-6-14(13(19)9-11)20-15(25)10-26-17-22-21-16(23-7-1-2-8-23)24(17)12-4-5-12/h3,6,9,12H,1-2,4-5,7-8,10H2,(H,20,25). The lowest BCUT2D eigenvalue weighted by Crippen LogP contribution is -2.22. The van der Waals surface area contributed by atoms with E-state index >= 15 is 0 Å². The lowest BCUT2D eigenvalue weighted by Gasteiger charge is -2.17. The third-order valence-electron chi connectivity index (χ3n) is 4.49. The highest BCUT2D eigenvalue weighted by atomic mass is 32.2. The Morgan fingerprint density at radius 3 is 2.69 bits per heavy atom. The molecule has 1 aromatic heterocycles. The van der Waals surface area contributed by atoms with Crippen LogP contribution in [0.4, 0.5) is 20.4 Å². The van der Waals surface area contributed by atoms with Gasteiger partial charge in [0.15, 0.2) is 5.16 Å². The van der Waals surface area contributed by atoms with E-state index in [1.807, 2.05) is 0 Å². The molecule has 0 atom stereocenters. The maximum Gasteiger partial charge on any atom is 0.234 e. The van der Waals surface area contributed by atoms with Gasteiger partial charge in [0.05, 0.1) is 11.4 Å². The van der Waals surface area contributed by atoms with Crippen molar-refractivity contribution in [2.75, 3.05) is 29.1 Å². The highest BCUT2D eigenvalue weighted by Crippen LogP contribution is 2.41. The van der Waals surface area contributed by atoms with Crippen LogP contribution in [0.15, 0.2) is 23.4 Å². The van der Waals surface area contributed by atoms with Gasteiger partial charge in [0.2, 0.25) is 11.9 Å². The Morgan fingerprint density at radius 1 is 1.23 bits per heavy atom. The summed E-state index contributed by atoms with van der Waals surface area (Å²) in [5.74, 6) is -0.865. The van der Waals surface area contributed by atoms with Crippen molar-refractivity contribution < 1.29 is 13.6 Å². The van der Waals surface area contributed by atoms with Crippen LogP contribution in [0.1, 0.15) is 31.7 Å². The predicted octanol–water partition coefficient (Wildman–Crippen LogP) is 3.22. The van der Waals surface area contributed by atoms with Crippen LogP contribution in [-0.2, 0) is 4.79 Å². The van der Waals surface area contributed by atoms with Gasteiger partial charge in [-0.3, -0.25) is 9.36 Å². The smallest absolute Gasteiger partial charge is 0.234 e. The van der Waals surface area contributed by atoms with E-state index in [0.29, 0.717) is 11.2 Å². The molecule has 2 fully saturated rings. The fourth-order valence-electron chi connectivity index (χ4n) is 3.06. The molecule has 138 valence electrons. The largest absolute Gasteiger partial charge is 0.341 e. The number of hydrogen-bond donors (Lipinski definition) is 1. The zero-order valence-corrected chi connectivity index (χ0v) is 14.9. The molecule has 0 spiro atoms. The molecule has 0 radical (unpaired) electrons. The first kappa shape index (κ1) is 17.3. The number of carbonyl (C=O) groups excluding carboxylic acids is 1. The molecule has 0 unspecified atom stereocenters. The summed E-state index contributed by atoms with van der Waals surface area (Å²) < 4.78 is 28.7. The summed E-state index contributed by atoms with van der Waals surface area (Å²) in [4.78, 5) is 14.4. The molecule has 26 heavy (non-hydrogen) atoms. The van der Waals surface area contributed by atoms with E-state index in [-0.39, 0.29) is 17.3 Å². The fraction of sp³-hybridized carbons (Fsp3) is 0.471. The lowest BCUT2D eigenvalue weighted by molar-refractivity contribution is -0.113. The van der Waals surface area contributed by atoms with Crippen molar-refractivity contribution in [1.29, 1.82) is 0 Å². The topological polar surface area (TPSA) is 63.1 Å². The van der Waals surface area contributed by atoms with E-state index in [0.717, 1.165) is 56.9 Å². The van der Waals surface area contributed by atoms with E-state index in [2.05, 4.69) is 25.0 Å². The number of benzene rings is 1. The summed E-state index contributed by atoms with van der Waals surface area (Å²) in [7, 11) is 0. The number of carbonyl (C=O) groups is 1. The molecule has 9 heteroatoms. The molecule has 1 aliphatic carbocycles. The normalized spacial score (nSPS) is 16.9. The Hall–Kier alpha value is -2.16. The minimum absolute atomic E-state index is 0.0292. The molecular formula is C17H19F2N5OS. The molecule has 1 N–H and O–H groups in total. The SMILES string of the molecule is O=C(CSc1nnc(N2CCCC2)n1C1CC1)Nc1ccc(F)cc1F. The van der Waals surface area contributed by atoms with Gasteiger partial charge in [-0.1, -0.05) is 11.8 Å². The molecule has 1 amide bonds. The Kier molecular flexibility index (Phi) is 4.80. The van der Waals surface area contributed by atoms with Crippen molar-refractivity contribution in [1.82, 2.24) is 14.8 Å². The van der Waals surface area contributed by atoms with E-state index in [9.17, 15) is 13.6 Å². The zero-order chi connectivity index (χ0) is 18.1. The number of hydrogen-bond acceptors (Lipinski definition) is 5. The second-order valence-corrected chi connectivity index (χ2v) is 7.48. The average molecular weight is 379 g/mol. The quantitative estimate of drug-likeness (QED) is 0.781. The summed E-state index contributed by atoms with van der Waals surface area (Å²) in [6.07, 6.45) is 4.51. The summed E-state index contributed by atoms with van der Waals surface area (Å²) in [6, 6.07) is 3.47. The summed E-state index contributed by atoms with van der Waals surface area (Å²) in [6.45, 7) is 1.97. The van der Waals surface area contributed by atoms with Crippen LogP contribution in [0.25, 0.3) is 0 Å². The number of thioether (sulfide) groups is 1. The summed E-state index contributed by atoms with van der Waals surface area (Å²) >= 11 is 1.29. The van der Waals surface area contributed by atoms with Gasteiger partial charge in [-0.2, -0.15) is 0 Å². The van der Waals surface area contributed by atoms with Crippen LogP contribution < -0.4 is 10.2 Å². The number of amides is 1. The maximum atomic E-state index is 13.6. The molecule has 2 heterocycles. The second kappa shape index (κ2) is 7.22. The van der Waals surface area contributed by atoms with Gasteiger partial charge in [0, 0.05) is 25.2 Å². The Balaban J connectivity index is 1.42. The van der Waals surface area contributed by atoms with Crippen LogP contribution in [-0.4, -0.2) is 39.5 Å². The van der Waals surface area contributed by atoms with Gasteiger partial charge in [-0.25, -0.2) is 8.78 Å². The molecule has 2 aromatic rings. The summed E-state index contributed by atoms with van der Waals surface area (Å²) in [5.41, 5.74) is -0.0292. The molecular weight excluding hydrogens is 360 g/mol. The highest BCUT2D eigenvalue weighted by Gasteiger charge is 2.32. The summed E-state index contributed by atoms with van der Waals surface area (Å²) in [5, 5.41) is 11.8. The fourth-order valence-corrected chi connectivity index (χ4v) is 3.86. The monoisotopic (exact) mass is 379 g/mol. The van der Waals surface area contributed by atoms with Crippen molar-refractivity contribution >= 4 is 29.3 Å². The number of nitrogens with zero attached hydrogens (tertiary/aromatic N) is 4. The van der Waals surface area contributed by atoms with Crippen molar-refractivity contribution in [2.45, 2.75) is 36.9 Å². The van der Waals surface area contributed by atoms with Gasteiger partial charge < -0.3 is 10.2 Å². The third kappa shape index (κ3) is 3.67. The van der Waals surface area contributed by atoms with Gasteiger partial charge in [-0.15, -0.1) is 10.2 Å². The average Bonchev–Trinajstić information content (AvgIpc) is 3.14. The third-order valence-corrected chi connectivity index (χ3v) is 5.43. The number of aromatic nitrogens is 3. The van der Waals surface area contributed by atoms with Gasteiger partial charge in [-0.05, 0) is 37.8 Å². The number of halogens is 2. The lowest BCUT2D eigenvalue weighted by atomic mass is 10.3. The van der Waals surface area contributed by atoms with E-state index in [4.69, 9.17) is 0 Å². The van der Waals surface area contributed by atoms with Gasteiger partial charge in [0.25, 0.3) is 0 Å². The molecule has 2 aliphatic rings. The van der Waals surface area contributed by atoms with Gasteiger partial charge in [0.1, 0.15) is 11.6 Å². The van der Waals surface area contributed by atoms with Crippen LogP contribution >= 0.6 is 11.8 Å². The molecule has 4 rings (SSSR count). The van der Waals surface area contributed by atoms with Crippen LogP contribution in [0.5, 0.6) is 0 Å². The minimum atomic E-state index is -0.791. The van der Waals surface area contributed by atoms with Crippen LogP contribution in [0, 0.1) is 11.6 Å². The molecule has 1 aliphatic heterocycles. The maximum absolute atomic E-state index is 13.6. The number of rotatable bonds is 6. The van der Waals surface area contributed by atoms with Crippen molar-refractivity contribution in [3.8, 4) is 0 Å². The Labute approximate surface area is 154 Å². The minimum Gasteiger partial charge on any atom is -0.341 e. The van der Waals surface area contributed by atoms with E-state index < -0.39 is 11.6 Å². The van der Waals surface area contributed by atoms with E-state index in [1.165, 1.54) is 17.8 Å². The molecule has 6 nitrogen and oxygen atoms in total. The Morgan fingerprint density at radius 2 is 2.00 bits per heavy atom. The number of nitrogens with one attached hydrogen (secondary N) is 1. The number of anilines is 2. The molecule has 0 bridgehead atoms.